The smallest absolute Gasteiger partial charge is 0.410 e. The van der Waals surface area contributed by atoms with Crippen LogP contribution in [0.25, 0.3) is 0 Å². The molecule has 0 bridgehead atoms. The Kier molecular flexibility index (Phi) is 8.44. The van der Waals surface area contributed by atoms with E-state index >= 15 is 0 Å². The molecule has 0 saturated carbocycles. The first kappa shape index (κ1) is 27.4. The first-order valence-corrected chi connectivity index (χ1v) is 13.7. The summed E-state index contributed by atoms with van der Waals surface area (Å²) >= 11 is -3.34. The van der Waals surface area contributed by atoms with Gasteiger partial charge in [-0.3, -0.25) is 17.5 Å². The second kappa shape index (κ2) is 11.4. The van der Waals surface area contributed by atoms with Gasteiger partial charge in [0.05, 0.1) is 18.8 Å². The Hall–Kier alpha value is -2.64. The highest BCUT2D eigenvalue weighted by molar-refractivity contribution is 8.16. The highest BCUT2D eigenvalue weighted by atomic mass is 32.3. The Bertz CT molecular complexity index is 1060. The van der Waals surface area contributed by atoms with Gasteiger partial charge in [-0.15, -0.1) is 0 Å². The molecule has 0 spiro atoms. The molecule has 12 heteroatoms. The summed E-state index contributed by atoms with van der Waals surface area (Å²) in [4.78, 5) is 22.6. The van der Waals surface area contributed by atoms with Crippen molar-refractivity contribution in [3.05, 3.63) is 41.7 Å². The molecular weight excluding hydrogens is 502 g/mol. The monoisotopic (exact) mass is 537 g/mol. The Labute approximate surface area is 218 Å². The van der Waals surface area contributed by atoms with Crippen LogP contribution in [0.1, 0.15) is 44.7 Å². The summed E-state index contributed by atoms with van der Waals surface area (Å²) in [7, 11) is 0. The number of rotatable bonds is 6. The number of carbonyl (C=O) groups excluding carboxylic acids is 1. The molecule has 1 aromatic carbocycles. The maximum atomic E-state index is 12.3. The Morgan fingerprint density at radius 1 is 1.08 bits per heavy atom. The summed E-state index contributed by atoms with van der Waals surface area (Å²) in [6, 6.07) is 7.58. The molecule has 0 radical (unpaired) electrons. The molecule has 1 amide bonds. The fraction of sp³-hybridized carbons (Fsp3) is 0.560. The van der Waals surface area contributed by atoms with E-state index < -0.39 is 16.8 Å². The van der Waals surface area contributed by atoms with Crippen LogP contribution in [0.5, 0.6) is 17.5 Å². The number of hydrogen-bond acceptors (Lipinski definition) is 10. The number of ether oxygens (including phenoxy) is 3. The van der Waals surface area contributed by atoms with Crippen molar-refractivity contribution in [2.45, 2.75) is 58.7 Å². The third-order valence-electron chi connectivity index (χ3n) is 5.94. The van der Waals surface area contributed by atoms with Crippen molar-refractivity contribution in [1.29, 1.82) is 0 Å². The molecule has 0 unspecified atom stereocenters. The van der Waals surface area contributed by atoms with Crippen molar-refractivity contribution in [1.82, 2.24) is 14.9 Å². The Morgan fingerprint density at radius 3 is 2.32 bits per heavy atom. The topological polar surface area (TPSA) is 133 Å². The van der Waals surface area contributed by atoms with Crippen LogP contribution in [-0.4, -0.2) is 68.1 Å². The van der Waals surface area contributed by atoms with Crippen molar-refractivity contribution in [3.8, 4) is 17.5 Å². The summed E-state index contributed by atoms with van der Waals surface area (Å²) in [6.45, 7) is 8.98. The van der Waals surface area contributed by atoms with Crippen molar-refractivity contribution in [2.24, 2.45) is 5.92 Å². The summed E-state index contributed by atoms with van der Waals surface area (Å²) in [5.41, 5.74) is 1.22. The van der Waals surface area contributed by atoms with Crippen LogP contribution in [0.15, 0.2) is 30.6 Å². The molecular formula is C25H35N3O8S. The molecule has 2 fully saturated rings. The average Bonchev–Trinajstić information content (AvgIpc) is 2.83. The van der Waals surface area contributed by atoms with Gasteiger partial charge in [-0.1, -0.05) is 12.1 Å². The van der Waals surface area contributed by atoms with Gasteiger partial charge < -0.3 is 19.1 Å². The van der Waals surface area contributed by atoms with Crippen molar-refractivity contribution < 1.29 is 36.5 Å². The predicted octanol–water partition coefficient (Wildman–Crippen LogP) is 5.14. The number of hydrogen-bond donors (Lipinski definition) is 2. The lowest BCUT2D eigenvalue weighted by molar-refractivity contribution is 0.0122. The highest BCUT2D eigenvalue weighted by Crippen LogP contribution is 2.45. The van der Waals surface area contributed by atoms with E-state index in [4.69, 9.17) is 22.6 Å². The van der Waals surface area contributed by atoms with E-state index in [1.165, 1.54) is 6.33 Å². The first-order chi connectivity index (χ1) is 17.5. The largest absolute Gasteiger partial charge is 0.474 e. The van der Waals surface area contributed by atoms with E-state index in [0.29, 0.717) is 55.4 Å². The molecule has 4 rings (SSSR count). The summed E-state index contributed by atoms with van der Waals surface area (Å²) in [6.07, 6.45) is 3.06. The van der Waals surface area contributed by atoms with E-state index in [0.717, 1.165) is 5.56 Å². The zero-order valence-electron chi connectivity index (χ0n) is 21.6. The Balaban J connectivity index is 1.29. The van der Waals surface area contributed by atoms with Gasteiger partial charge >= 0.3 is 6.09 Å². The SMILES string of the molecule is Cc1c(Oc2ccc(CC3COS(O)(O)OC3)cc2)ncnc1OC1CCN(C(=O)OC(C)(C)C)CC1. The number of aromatic nitrogens is 2. The van der Waals surface area contributed by atoms with E-state index in [-0.39, 0.29) is 31.3 Å². The van der Waals surface area contributed by atoms with Gasteiger partial charge in [-0.05, 0) is 51.8 Å². The maximum absolute atomic E-state index is 12.3. The second-order valence-electron chi connectivity index (χ2n) is 10.2. The molecule has 2 aromatic rings. The van der Waals surface area contributed by atoms with E-state index in [1.807, 2.05) is 52.0 Å². The van der Waals surface area contributed by atoms with Crippen LogP contribution in [0.4, 0.5) is 4.79 Å². The lowest BCUT2D eigenvalue weighted by Crippen LogP contribution is -2.44. The van der Waals surface area contributed by atoms with Gasteiger partial charge in [0.25, 0.3) is 0 Å². The van der Waals surface area contributed by atoms with Crippen LogP contribution >= 0.6 is 11.2 Å². The number of benzene rings is 1. The standard InChI is InChI=1S/C25H35N3O8S/c1-17-22(34-20-7-5-18(6-8-20)13-19-14-32-37(30,31)33-15-19)26-16-27-23(17)35-21-9-11-28(12-10-21)24(29)36-25(2,3)4/h5-8,16,19,21,30-31H,9-15H2,1-4H3. The predicted molar refractivity (Wildman–Crippen MR) is 137 cm³/mol. The van der Waals surface area contributed by atoms with Gasteiger partial charge in [0.2, 0.25) is 22.9 Å². The van der Waals surface area contributed by atoms with Gasteiger partial charge in [-0.25, -0.2) is 14.8 Å². The molecule has 11 nitrogen and oxygen atoms in total. The van der Waals surface area contributed by atoms with E-state index in [2.05, 4.69) is 9.97 Å². The summed E-state index contributed by atoms with van der Waals surface area (Å²) in [5.74, 6) is 1.52. The molecule has 37 heavy (non-hydrogen) atoms. The third kappa shape index (κ3) is 7.92. The molecule has 2 aliphatic heterocycles. The van der Waals surface area contributed by atoms with Crippen LogP contribution < -0.4 is 9.47 Å². The van der Waals surface area contributed by atoms with Gasteiger partial charge in [0, 0.05) is 31.8 Å². The molecule has 204 valence electrons. The van der Waals surface area contributed by atoms with Crippen molar-refractivity contribution in [3.63, 3.8) is 0 Å². The number of piperidine rings is 1. The Morgan fingerprint density at radius 2 is 1.70 bits per heavy atom. The van der Waals surface area contributed by atoms with E-state index in [1.54, 1.807) is 4.90 Å². The number of nitrogens with zero attached hydrogens (tertiary/aromatic N) is 3. The van der Waals surface area contributed by atoms with E-state index in [9.17, 15) is 13.9 Å². The minimum absolute atomic E-state index is 0.0338. The fourth-order valence-electron chi connectivity index (χ4n) is 3.99. The molecule has 2 N–H and O–H groups in total. The van der Waals surface area contributed by atoms with Gasteiger partial charge in [-0.2, -0.15) is 0 Å². The molecule has 1 aromatic heterocycles. The minimum Gasteiger partial charge on any atom is -0.474 e. The van der Waals surface area contributed by atoms with Crippen molar-refractivity contribution >= 4 is 17.2 Å². The zero-order valence-corrected chi connectivity index (χ0v) is 22.4. The lowest BCUT2D eigenvalue weighted by Gasteiger charge is -2.33. The van der Waals surface area contributed by atoms with Crippen molar-refractivity contribution in [2.75, 3.05) is 26.3 Å². The van der Waals surface area contributed by atoms with Crippen LogP contribution in [-0.2, 0) is 19.5 Å². The van der Waals surface area contributed by atoms with Crippen LogP contribution in [0.3, 0.4) is 0 Å². The highest BCUT2D eigenvalue weighted by Gasteiger charge is 2.30. The molecule has 3 heterocycles. The van der Waals surface area contributed by atoms with Gasteiger partial charge in [0.1, 0.15) is 23.8 Å². The lowest BCUT2D eigenvalue weighted by atomic mass is 10.0. The van der Waals surface area contributed by atoms with Crippen LogP contribution in [0.2, 0.25) is 0 Å². The fourth-order valence-corrected chi connectivity index (χ4v) is 4.80. The molecule has 2 saturated heterocycles. The number of carbonyl (C=O) groups is 1. The molecule has 0 aliphatic carbocycles. The number of likely N-dealkylation sites (tertiary alicyclic amines) is 1. The maximum Gasteiger partial charge on any atom is 0.410 e. The first-order valence-electron chi connectivity index (χ1n) is 12.3. The summed E-state index contributed by atoms with van der Waals surface area (Å²) < 4.78 is 46.3. The quantitative estimate of drug-likeness (QED) is 0.510. The molecule has 0 atom stereocenters. The number of amides is 1. The minimum atomic E-state index is -3.34. The average molecular weight is 538 g/mol. The second-order valence-corrected chi connectivity index (χ2v) is 11.6. The van der Waals surface area contributed by atoms with Crippen LogP contribution in [0, 0.1) is 12.8 Å². The zero-order chi connectivity index (χ0) is 26.6. The summed E-state index contributed by atoms with van der Waals surface area (Å²) in [5, 5.41) is 0. The normalized spacial score (nSPS) is 19.8. The molecule has 2 aliphatic rings. The third-order valence-corrected chi connectivity index (χ3v) is 6.83. The van der Waals surface area contributed by atoms with Gasteiger partial charge in [0.15, 0.2) is 0 Å².